The van der Waals surface area contributed by atoms with Gasteiger partial charge in [-0.05, 0) is 64.6 Å². The third-order valence-electron chi connectivity index (χ3n) is 3.92. The second-order valence-electron chi connectivity index (χ2n) is 6.59. The van der Waals surface area contributed by atoms with Crippen molar-refractivity contribution in [2.24, 2.45) is 11.8 Å². The average Bonchev–Trinajstić information content (AvgIpc) is 3.17. The lowest BCUT2D eigenvalue weighted by molar-refractivity contribution is 0.0921. The summed E-state index contributed by atoms with van der Waals surface area (Å²) in [6, 6.07) is 0.658. The lowest BCUT2D eigenvalue weighted by atomic mass is 10.1. The van der Waals surface area contributed by atoms with Gasteiger partial charge in [0.15, 0.2) is 0 Å². The molecule has 1 aliphatic carbocycles. The molecule has 0 aromatic heterocycles. The van der Waals surface area contributed by atoms with Crippen molar-refractivity contribution in [1.82, 2.24) is 10.2 Å². The van der Waals surface area contributed by atoms with Crippen molar-refractivity contribution in [1.29, 1.82) is 0 Å². The van der Waals surface area contributed by atoms with E-state index in [2.05, 4.69) is 38.0 Å². The van der Waals surface area contributed by atoms with Gasteiger partial charge in [0.25, 0.3) is 0 Å². The van der Waals surface area contributed by atoms with E-state index in [1.165, 1.54) is 25.7 Å². The van der Waals surface area contributed by atoms with Gasteiger partial charge in [-0.15, -0.1) is 0 Å². The predicted octanol–water partition coefficient (Wildman–Crippen LogP) is 2.76. The molecule has 0 aromatic rings. The minimum atomic E-state index is 0.658. The maximum Gasteiger partial charge on any atom is 0.0593 e. The summed E-state index contributed by atoms with van der Waals surface area (Å²) in [4.78, 5) is 2.43. The van der Waals surface area contributed by atoms with Gasteiger partial charge in [0.05, 0.1) is 6.61 Å². The van der Waals surface area contributed by atoms with Gasteiger partial charge < -0.3 is 15.0 Å². The monoisotopic (exact) mass is 270 g/mol. The van der Waals surface area contributed by atoms with Crippen molar-refractivity contribution in [3.05, 3.63) is 0 Å². The summed E-state index contributed by atoms with van der Waals surface area (Å²) in [5.41, 5.74) is 0. The Morgan fingerprint density at radius 1 is 1.26 bits per heavy atom. The Hall–Kier alpha value is -0.120. The number of rotatable bonds is 12. The van der Waals surface area contributed by atoms with Crippen LogP contribution in [0.4, 0.5) is 0 Å². The smallest absolute Gasteiger partial charge is 0.0593 e. The number of hydrogen-bond acceptors (Lipinski definition) is 3. The number of ether oxygens (including phenoxy) is 1. The topological polar surface area (TPSA) is 24.5 Å². The Morgan fingerprint density at radius 2 is 2.00 bits per heavy atom. The molecule has 0 aliphatic heterocycles. The van der Waals surface area contributed by atoms with E-state index in [0.29, 0.717) is 6.04 Å². The minimum absolute atomic E-state index is 0.658. The lowest BCUT2D eigenvalue weighted by Crippen LogP contribution is -2.33. The van der Waals surface area contributed by atoms with Gasteiger partial charge in [-0.1, -0.05) is 13.8 Å². The summed E-state index contributed by atoms with van der Waals surface area (Å²) in [5, 5.41) is 3.51. The molecule has 114 valence electrons. The van der Waals surface area contributed by atoms with Gasteiger partial charge in [-0.3, -0.25) is 0 Å². The summed E-state index contributed by atoms with van der Waals surface area (Å²) in [6.45, 7) is 12.1. The quantitative estimate of drug-likeness (QED) is 0.552. The third kappa shape index (κ3) is 9.42. The fourth-order valence-corrected chi connectivity index (χ4v) is 2.10. The SMILES string of the molecule is CC(C)CNCCCC(C)N(C)CCOCC1CC1. The van der Waals surface area contributed by atoms with Crippen molar-refractivity contribution in [2.75, 3.05) is 39.9 Å². The van der Waals surface area contributed by atoms with E-state index in [0.717, 1.165) is 44.7 Å². The van der Waals surface area contributed by atoms with Crippen LogP contribution in [0.2, 0.25) is 0 Å². The van der Waals surface area contributed by atoms with E-state index < -0.39 is 0 Å². The molecular weight excluding hydrogens is 236 g/mol. The van der Waals surface area contributed by atoms with Crippen molar-refractivity contribution < 1.29 is 4.74 Å². The third-order valence-corrected chi connectivity index (χ3v) is 3.92. The normalized spacial score (nSPS) is 17.4. The van der Waals surface area contributed by atoms with Crippen molar-refractivity contribution in [3.63, 3.8) is 0 Å². The van der Waals surface area contributed by atoms with Crippen LogP contribution in [0.15, 0.2) is 0 Å². The minimum Gasteiger partial charge on any atom is -0.380 e. The number of hydrogen-bond donors (Lipinski definition) is 1. The maximum atomic E-state index is 5.69. The molecule has 1 unspecified atom stereocenters. The van der Waals surface area contributed by atoms with Gasteiger partial charge in [0, 0.05) is 19.2 Å². The van der Waals surface area contributed by atoms with E-state index in [9.17, 15) is 0 Å². The first kappa shape index (κ1) is 16.9. The highest BCUT2D eigenvalue weighted by Crippen LogP contribution is 2.28. The predicted molar refractivity (Wildman–Crippen MR) is 82.6 cm³/mol. The van der Waals surface area contributed by atoms with Crippen LogP contribution in [0.25, 0.3) is 0 Å². The standard InChI is InChI=1S/C16H34N2O/c1-14(2)12-17-9-5-6-15(3)18(4)10-11-19-13-16-7-8-16/h14-17H,5-13H2,1-4H3. The Bertz CT molecular complexity index is 217. The highest BCUT2D eigenvalue weighted by Gasteiger charge is 2.21. The second-order valence-corrected chi connectivity index (χ2v) is 6.59. The Balaban J connectivity index is 1.89. The summed E-state index contributed by atoms with van der Waals surface area (Å²) >= 11 is 0. The van der Waals surface area contributed by atoms with E-state index in [4.69, 9.17) is 4.74 Å². The zero-order valence-corrected chi connectivity index (χ0v) is 13.5. The van der Waals surface area contributed by atoms with E-state index in [1.54, 1.807) is 0 Å². The highest BCUT2D eigenvalue weighted by atomic mass is 16.5. The molecule has 1 aliphatic rings. The molecule has 0 radical (unpaired) electrons. The highest BCUT2D eigenvalue weighted by molar-refractivity contribution is 4.72. The number of likely N-dealkylation sites (N-methyl/N-ethyl adjacent to an activating group) is 1. The van der Waals surface area contributed by atoms with Crippen LogP contribution in [0.5, 0.6) is 0 Å². The first-order chi connectivity index (χ1) is 9.09. The Labute approximate surface area is 120 Å². The summed E-state index contributed by atoms with van der Waals surface area (Å²) < 4.78 is 5.69. The van der Waals surface area contributed by atoms with Crippen molar-refractivity contribution in [3.8, 4) is 0 Å². The first-order valence-corrected chi connectivity index (χ1v) is 8.08. The molecule has 0 bridgehead atoms. The zero-order chi connectivity index (χ0) is 14.1. The summed E-state index contributed by atoms with van der Waals surface area (Å²) in [6.07, 6.45) is 5.30. The van der Waals surface area contributed by atoms with Gasteiger partial charge in [0.1, 0.15) is 0 Å². The van der Waals surface area contributed by atoms with Crippen LogP contribution in [-0.2, 0) is 4.74 Å². The molecule has 0 saturated heterocycles. The molecule has 1 atom stereocenters. The fraction of sp³-hybridized carbons (Fsp3) is 1.00. The molecular formula is C16H34N2O. The van der Waals surface area contributed by atoms with E-state index >= 15 is 0 Å². The van der Waals surface area contributed by atoms with Crippen LogP contribution in [-0.4, -0.2) is 50.8 Å². The zero-order valence-electron chi connectivity index (χ0n) is 13.5. The van der Waals surface area contributed by atoms with Gasteiger partial charge in [-0.2, -0.15) is 0 Å². The lowest BCUT2D eigenvalue weighted by Gasteiger charge is -2.24. The molecule has 0 spiro atoms. The summed E-state index contributed by atoms with van der Waals surface area (Å²) in [5.74, 6) is 1.64. The molecule has 0 heterocycles. The molecule has 3 nitrogen and oxygen atoms in total. The molecule has 0 aromatic carbocycles. The molecule has 1 fully saturated rings. The van der Waals surface area contributed by atoms with Gasteiger partial charge >= 0.3 is 0 Å². The molecule has 0 amide bonds. The Morgan fingerprint density at radius 3 is 2.63 bits per heavy atom. The number of nitrogens with zero attached hydrogens (tertiary/aromatic N) is 1. The summed E-state index contributed by atoms with van der Waals surface area (Å²) in [7, 11) is 2.21. The molecule has 1 rings (SSSR count). The van der Waals surface area contributed by atoms with Gasteiger partial charge in [0.2, 0.25) is 0 Å². The maximum absolute atomic E-state index is 5.69. The fourth-order valence-electron chi connectivity index (χ4n) is 2.10. The largest absolute Gasteiger partial charge is 0.380 e. The Kier molecular flexibility index (Phi) is 8.67. The first-order valence-electron chi connectivity index (χ1n) is 8.08. The molecule has 19 heavy (non-hydrogen) atoms. The molecule has 1 saturated carbocycles. The molecule has 3 heteroatoms. The van der Waals surface area contributed by atoms with Crippen LogP contribution in [0.1, 0.15) is 46.5 Å². The van der Waals surface area contributed by atoms with E-state index in [1.807, 2.05) is 0 Å². The van der Waals surface area contributed by atoms with Gasteiger partial charge in [-0.25, -0.2) is 0 Å². The van der Waals surface area contributed by atoms with E-state index in [-0.39, 0.29) is 0 Å². The average molecular weight is 270 g/mol. The van der Waals surface area contributed by atoms with Crippen molar-refractivity contribution in [2.45, 2.75) is 52.5 Å². The number of nitrogens with one attached hydrogen (secondary N) is 1. The van der Waals surface area contributed by atoms with Crippen molar-refractivity contribution >= 4 is 0 Å². The molecule has 1 N–H and O–H groups in total. The van der Waals surface area contributed by atoms with Crippen LogP contribution >= 0.6 is 0 Å². The second kappa shape index (κ2) is 9.73. The van der Waals surface area contributed by atoms with Crippen LogP contribution < -0.4 is 5.32 Å². The van der Waals surface area contributed by atoms with Crippen LogP contribution in [0.3, 0.4) is 0 Å². The van der Waals surface area contributed by atoms with Crippen LogP contribution in [0, 0.1) is 11.8 Å².